The van der Waals surface area contributed by atoms with Gasteiger partial charge in [0.15, 0.2) is 5.11 Å². The lowest BCUT2D eigenvalue weighted by molar-refractivity contribution is 0.270. The molecule has 2 saturated heterocycles. The topological polar surface area (TPSA) is 37.9 Å². The van der Waals surface area contributed by atoms with Gasteiger partial charge in [0.2, 0.25) is 0 Å². The Morgan fingerprint density at radius 1 is 0.889 bits per heavy atom. The summed E-state index contributed by atoms with van der Waals surface area (Å²) in [6.07, 6.45) is 0. The van der Waals surface area contributed by atoms with Crippen LogP contribution in [0, 0.1) is 13.8 Å². The van der Waals surface area contributed by atoms with Crippen LogP contribution in [0.4, 0.5) is 17.2 Å². The summed E-state index contributed by atoms with van der Waals surface area (Å²) in [5, 5.41) is 6.19. The first-order valence-electron chi connectivity index (χ1n) is 12.9. The number of fused-ring (bicyclic) bond motifs is 1. The van der Waals surface area contributed by atoms with Crippen molar-refractivity contribution in [2.24, 2.45) is 0 Å². The third kappa shape index (κ3) is 5.38. The van der Waals surface area contributed by atoms with Gasteiger partial charge < -0.3 is 24.9 Å². The molecule has 1 N–H and O–H groups in total. The van der Waals surface area contributed by atoms with E-state index in [2.05, 4.69) is 82.1 Å². The van der Waals surface area contributed by atoms with Crippen LogP contribution in [0.1, 0.15) is 18.1 Å². The van der Waals surface area contributed by atoms with Crippen molar-refractivity contribution in [3.63, 3.8) is 0 Å². The molecule has 0 spiro atoms. The van der Waals surface area contributed by atoms with Crippen LogP contribution in [0.2, 0.25) is 5.02 Å². The van der Waals surface area contributed by atoms with Crippen molar-refractivity contribution >= 4 is 57.0 Å². The number of likely N-dealkylation sites (N-methyl/N-ethyl adjacent to an activating group) is 1. The lowest BCUT2D eigenvalue weighted by Crippen LogP contribution is -2.50. The molecule has 8 heteroatoms. The minimum Gasteiger partial charge on any atom is -0.368 e. The van der Waals surface area contributed by atoms with Gasteiger partial charge in [0.25, 0.3) is 0 Å². The summed E-state index contributed by atoms with van der Waals surface area (Å²) in [5.41, 5.74) is 5.75. The summed E-state index contributed by atoms with van der Waals surface area (Å²) in [7, 11) is 0. The van der Waals surface area contributed by atoms with Crippen molar-refractivity contribution in [3.8, 4) is 0 Å². The zero-order valence-corrected chi connectivity index (χ0v) is 23.0. The van der Waals surface area contributed by atoms with E-state index in [1.54, 1.807) is 0 Å². The summed E-state index contributed by atoms with van der Waals surface area (Å²) < 4.78 is 0. The average molecular weight is 523 g/mol. The Morgan fingerprint density at radius 2 is 1.61 bits per heavy atom. The van der Waals surface area contributed by atoms with Gasteiger partial charge in [-0.25, -0.2) is 4.98 Å². The summed E-state index contributed by atoms with van der Waals surface area (Å²) in [5.74, 6) is 1.08. The molecule has 6 nitrogen and oxygen atoms in total. The Morgan fingerprint density at radius 3 is 2.33 bits per heavy atom. The van der Waals surface area contributed by atoms with E-state index in [1.807, 2.05) is 6.07 Å². The zero-order valence-electron chi connectivity index (χ0n) is 21.4. The molecule has 0 bridgehead atoms. The summed E-state index contributed by atoms with van der Waals surface area (Å²) in [6.45, 7) is 15.5. The van der Waals surface area contributed by atoms with Crippen molar-refractivity contribution < 1.29 is 0 Å². The smallest absolute Gasteiger partial charge is 0.173 e. The number of halogens is 1. The summed E-state index contributed by atoms with van der Waals surface area (Å²) in [6, 6.07) is 14.7. The van der Waals surface area contributed by atoms with Gasteiger partial charge in [-0.2, -0.15) is 0 Å². The van der Waals surface area contributed by atoms with Crippen molar-refractivity contribution in [1.82, 2.24) is 14.8 Å². The fraction of sp³-hybridized carbons (Fsp3) is 0.429. The molecule has 1 aromatic heterocycles. The number of rotatable bonds is 4. The van der Waals surface area contributed by atoms with Crippen LogP contribution in [0.5, 0.6) is 0 Å². The van der Waals surface area contributed by atoms with Gasteiger partial charge in [-0.05, 0) is 80.1 Å². The van der Waals surface area contributed by atoms with Gasteiger partial charge in [-0.1, -0.05) is 24.6 Å². The molecule has 2 aliphatic rings. The molecule has 2 aromatic carbocycles. The monoisotopic (exact) mass is 522 g/mol. The van der Waals surface area contributed by atoms with Gasteiger partial charge in [-0.15, -0.1) is 0 Å². The highest BCUT2D eigenvalue weighted by atomic mass is 35.5. The van der Waals surface area contributed by atoms with Crippen LogP contribution < -0.4 is 15.1 Å². The van der Waals surface area contributed by atoms with Gasteiger partial charge in [0.1, 0.15) is 5.82 Å². The Hall–Kier alpha value is -2.61. The highest BCUT2D eigenvalue weighted by Crippen LogP contribution is 2.27. The molecule has 0 radical (unpaired) electrons. The van der Waals surface area contributed by atoms with Crippen molar-refractivity contribution in [1.29, 1.82) is 0 Å². The second-order valence-corrected chi connectivity index (χ2v) is 10.6. The third-order valence-electron chi connectivity index (χ3n) is 7.48. The Labute approximate surface area is 224 Å². The number of nitrogens with zero attached hydrogens (tertiary/aromatic N) is 5. The fourth-order valence-corrected chi connectivity index (χ4v) is 5.65. The van der Waals surface area contributed by atoms with Crippen LogP contribution in [0.3, 0.4) is 0 Å². The van der Waals surface area contributed by atoms with E-state index in [9.17, 15) is 0 Å². The van der Waals surface area contributed by atoms with Crippen molar-refractivity contribution in [3.05, 3.63) is 58.6 Å². The number of nitrogens with one attached hydrogen (secondary N) is 1. The summed E-state index contributed by atoms with van der Waals surface area (Å²) >= 11 is 12.0. The highest BCUT2D eigenvalue weighted by molar-refractivity contribution is 7.80. The van der Waals surface area contributed by atoms with E-state index in [4.69, 9.17) is 28.8 Å². The Bertz CT molecular complexity index is 1250. The molecule has 0 aliphatic carbocycles. The molecule has 0 saturated carbocycles. The van der Waals surface area contributed by atoms with Crippen LogP contribution in [-0.4, -0.2) is 78.8 Å². The number of thiocarbonyl (C=S) groups is 1. The second-order valence-electron chi connectivity index (χ2n) is 9.79. The molecule has 2 aliphatic heterocycles. The Balaban J connectivity index is 1.23. The van der Waals surface area contributed by atoms with Crippen molar-refractivity contribution in [2.75, 3.05) is 74.0 Å². The molecule has 3 aromatic rings. The molecule has 3 heterocycles. The first-order chi connectivity index (χ1) is 17.4. The number of hydrogen-bond donors (Lipinski definition) is 1. The van der Waals surface area contributed by atoms with E-state index >= 15 is 0 Å². The van der Waals surface area contributed by atoms with Crippen LogP contribution in [0.15, 0.2) is 42.5 Å². The third-order valence-corrected chi connectivity index (χ3v) is 8.07. The first kappa shape index (κ1) is 25.1. The van der Waals surface area contributed by atoms with E-state index in [-0.39, 0.29) is 0 Å². The quantitative estimate of drug-likeness (QED) is 0.474. The van der Waals surface area contributed by atoms with E-state index in [0.29, 0.717) is 0 Å². The Kier molecular flexibility index (Phi) is 7.51. The molecule has 190 valence electrons. The maximum absolute atomic E-state index is 6.24. The number of aromatic nitrogens is 1. The number of pyridine rings is 1. The maximum atomic E-state index is 6.24. The predicted octanol–water partition coefficient (Wildman–Crippen LogP) is 5.17. The van der Waals surface area contributed by atoms with Crippen LogP contribution in [-0.2, 0) is 0 Å². The zero-order chi connectivity index (χ0) is 25.2. The standard InChI is InChI=1S/C28H35ClN6S/c1-4-32-9-11-34(12-10-32)27-17-21(3)24-19-23(7-8-25(24)31-27)30-28(36)35-15-13-33(14-16-35)26-18-22(29)6-5-20(26)2/h5-8,17-19H,4,9-16H2,1-3H3,(H,30,36). The minimum atomic E-state index is 0.771. The molecule has 0 amide bonds. The number of aryl methyl sites for hydroxylation is 2. The molecule has 0 atom stereocenters. The van der Waals surface area contributed by atoms with Gasteiger partial charge in [0, 0.05) is 74.1 Å². The molecule has 36 heavy (non-hydrogen) atoms. The van der Waals surface area contributed by atoms with E-state index < -0.39 is 0 Å². The van der Waals surface area contributed by atoms with Crippen LogP contribution in [0.25, 0.3) is 10.9 Å². The molecule has 0 unspecified atom stereocenters. The predicted molar refractivity (Wildman–Crippen MR) is 157 cm³/mol. The van der Waals surface area contributed by atoms with E-state index in [0.717, 1.165) is 86.1 Å². The normalized spacial score (nSPS) is 17.1. The summed E-state index contributed by atoms with van der Waals surface area (Å²) in [4.78, 5) is 14.5. The maximum Gasteiger partial charge on any atom is 0.173 e. The lowest BCUT2D eigenvalue weighted by Gasteiger charge is -2.38. The fourth-order valence-electron chi connectivity index (χ4n) is 5.19. The van der Waals surface area contributed by atoms with Crippen LogP contribution >= 0.6 is 23.8 Å². The second kappa shape index (κ2) is 10.8. The SMILES string of the molecule is CCN1CCN(c2cc(C)c3cc(NC(=S)N4CCN(c5cc(Cl)ccc5C)CC4)ccc3n2)CC1. The highest BCUT2D eigenvalue weighted by Gasteiger charge is 2.21. The number of anilines is 3. The van der Waals surface area contributed by atoms with Gasteiger partial charge >= 0.3 is 0 Å². The van der Waals surface area contributed by atoms with Gasteiger partial charge in [0.05, 0.1) is 5.52 Å². The molecular formula is C28H35ClN6S. The number of piperazine rings is 2. The minimum absolute atomic E-state index is 0.771. The molecular weight excluding hydrogens is 488 g/mol. The van der Waals surface area contributed by atoms with Gasteiger partial charge in [-0.3, -0.25) is 0 Å². The largest absolute Gasteiger partial charge is 0.368 e. The number of benzene rings is 2. The average Bonchev–Trinajstić information content (AvgIpc) is 2.90. The lowest BCUT2D eigenvalue weighted by atomic mass is 10.1. The molecule has 5 rings (SSSR count). The number of hydrogen-bond acceptors (Lipinski definition) is 5. The first-order valence-corrected chi connectivity index (χ1v) is 13.7. The van der Waals surface area contributed by atoms with Crippen molar-refractivity contribution in [2.45, 2.75) is 20.8 Å². The van der Waals surface area contributed by atoms with E-state index in [1.165, 1.54) is 22.2 Å². The molecule has 2 fully saturated rings.